The van der Waals surface area contributed by atoms with Gasteiger partial charge < -0.3 is 15.6 Å². The van der Waals surface area contributed by atoms with E-state index in [0.29, 0.717) is 6.54 Å². The second-order valence-corrected chi connectivity index (χ2v) is 3.87. The lowest BCUT2D eigenvalue weighted by Crippen LogP contribution is -2.25. The number of carbonyl (C=O) groups excluding carboxylic acids is 1. The van der Waals surface area contributed by atoms with E-state index in [-0.39, 0.29) is 17.2 Å². The minimum absolute atomic E-state index is 0.118. The molecule has 18 heavy (non-hydrogen) atoms. The van der Waals surface area contributed by atoms with E-state index in [4.69, 9.17) is 5.73 Å². The number of rotatable bonds is 3. The Morgan fingerprint density at radius 3 is 2.94 bits per heavy atom. The third-order valence-corrected chi connectivity index (χ3v) is 2.59. The molecule has 0 aliphatic heterocycles. The summed E-state index contributed by atoms with van der Waals surface area (Å²) >= 11 is 0. The standard InChI is InChI=1S/C12H13FN4O/c1-17-5-4-15-11(17)7-16-12(18)9-3-2-8(13)6-10(9)14/h2-6H,7,14H2,1H3,(H,16,18). The molecule has 1 aromatic heterocycles. The van der Waals surface area contributed by atoms with E-state index >= 15 is 0 Å². The molecule has 1 aromatic carbocycles. The summed E-state index contributed by atoms with van der Waals surface area (Å²) in [4.78, 5) is 15.9. The van der Waals surface area contributed by atoms with Gasteiger partial charge in [-0.3, -0.25) is 4.79 Å². The van der Waals surface area contributed by atoms with Crippen LogP contribution in [0.4, 0.5) is 10.1 Å². The highest BCUT2D eigenvalue weighted by Gasteiger charge is 2.10. The van der Waals surface area contributed by atoms with E-state index in [1.165, 1.54) is 12.1 Å². The number of nitrogens with two attached hydrogens (primary N) is 1. The Morgan fingerprint density at radius 2 is 2.33 bits per heavy atom. The summed E-state index contributed by atoms with van der Waals surface area (Å²) in [5, 5.41) is 2.68. The molecule has 0 fully saturated rings. The molecule has 94 valence electrons. The minimum Gasteiger partial charge on any atom is -0.398 e. The number of amides is 1. The summed E-state index contributed by atoms with van der Waals surface area (Å²) < 4.78 is 14.6. The second kappa shape index (κ2) is 4.87. The Kier molecular flexibility index (Phi) is 3.27. The lowest BCUT2D eigenvalue weighted by atomic mass is 10.1. The molecule has 0 radical (unpaired) electrons. The molecule has 0 atom stereocenters. The van der Waals surface area contributed by atoms with Crippen LogP contribution < -0.4 is 11.1 Å². The number of benzene rings is 1. The van der Waals surface area contributed by atoms with Crippen molar-refractivity contribution in [3.8, 4) is 0 Å². The normalized spacial score (nSPS) is 10.3. The van der Waals surface area contributed by atoms with E-state index in [9.17, 15) is 9.18 Å². The zero-order valence-electron chi connectivity index (χ0n) is 9.85. The largest absolute Gasteiger partial charge is 0.398 e. The number of imidazole rings is 1. The van der Waals surface area contributed by atoms with E-state index in [0.717, 1.165) is 11.9 Å². The lowest BCUT2D eigenvalue weighted by Gasteiger charge is -2.07. The van der Waals surface area contributed by atoms with Crippen molar-refractivity contribution in [2.75, 3.05) is 5.73 Å². The Hall–Kier alpha value is -2.37. The molecule has 5 nitrogen and oxygen atoms in total. The number of hydrogen-bond donors (Lipinski definition) is 2. The first-order valence-electron chi connectivity index (χ1n) is 5.37. The number of nitrogens with zero attached hydrogens (tertiary/aromatic N) is 2. The van der Waals surface area contributed by atoms with Gasteiger partial charge in [0, 0.05) is 25.1 Å². The third kappa shape index (κ3) is 2.48. The van der Waals surface area contributed by atoms with Crippen molar-refractivity contribution in [2.24, 2.45) is 7.05 Å². The highest BCUT2D eigenvalue weighted by atomic mass is 19.1. The number of aryl methyl sites for hydroxylation is 1. The number of nitrogens with one attached hydrogen (secondary N) is 1. The van der Waals surface area contributed by atoms with Crippen molar-refractivity contribution in [1.29, 1.82) is 0 Å². The fourth-order valence-electron chi connectivity index (χ4n) is 1.56. The number of carbonyl (C=O) groups is 1. The Balaban J connectivity index is 2.06. The van der Waals surface area contributed by atoms with E-state index in [1.807, 2.05) is 7.05 Å². The van der Waals surface area contributed by atoms with Gasteiger partial charge in [-0.05, 0) is 18.2 Å². The third-order valence-electron chi connectivity index (χ3n) is 2.59. The van der Waals surface area contributed by atoms with Crippen LogP contribution in [0.25, 0.3) is 0 Å². The summed E-state index contributed by atoms with van der Waals surface area (Å²) in [5.41, 5.74) is 5.95. The summed E-state index contributed by atoms with van der Waals surface area (Å²) in [6, 6.07) is 3.68. The van der Waals surface area contributed by atoms with Gasteiger partial charge in [0.1, 0.15) is 11.6 Å². The smallest absolute Gasteiger partial charge is 0.253 e. The maximum atomic E-state index is 12.8. The molecule has 0 spiro atoms. The van der Waals surface area contributed by atoms with E-state index < -0.39 is 5.82 Å². The zero-order valence-corrected chi connectivity index (χ0v) is 9.85. The van der Waals surface area contributed by atoms with Crippen LogP contribution >= 0.6 is 0 Å². The maximum Gasteiger partial charge on any atom is 0.253 e. The van der Waals surface area contributed by atoms with Crippen LogP contribution in [0.15, 0.2) is 30.6 Å². The van der Waals surface area contributed by atoms with Crippen molar-refractivity contribution in [1.82, 2.24) is 14.9 Å². The minimum atomic E-state index is -0.465. The van der Waals surface area contributed by atoms with Gasteiger partial charge in [-0.25, -0.2) is 9.37 Å². The molecular formula is C12H13FN4O. The highest BCUT2D eigenvalue weighted by Crippen LogP contribution is 2.13. The fraction of sp³-hybridized carbons (Fsp3) is 0.167. The molecule has 3 N–H and O–H groups in total. The van der Waals surface area contributed by atoms with Crippen LogP contribution in [0.5, 0.6) is 0 Å². The molecule has 0 bridgehead atoms. The van der Waals surface area contributed by atoms with Crippen molar-refractivity contribution in [2.45, 2.75) is 6.54 Å². The first-order valence-corrected chi connectivity index (χ1v) is 5.37. The Bertz CT molecular complexity index is 579. The van der Waals surface area contributed by atoms with Gasteiger partial charge in [-0.15, -0.1) is 0 Å². The number of anilines is 1. The van der Waals surface area contributed by atoms with Crippen LogP contribution in [0, 0.1) is 5.82 Å². The lowest BCUT2D eigenvalue weighted by molar-refractivity contribution is 0.0950. The van der Waals surface area contributed by atoms with Crippen LogP contribution in [-0.4, -0.2) is 15.5 Å². The van der Waals surface area contributed by atoms with Gasteiger partial charge in [0.25, 0.3) is 5.91 Å². The molecule has 0 aliphatic carbocycles. The monoisotopic (exact) mass is 248 g/mol. The number of nitrogen functional groups attached to an aromatic ring is 1. The van der Waals surface area contributed by atoms with E-state index in [1.54, 1.807) is 17.0 Å². The predicted molar refractivity (Wildman–Crippen MR) is 65.2 cm³/mol. The van der Waals surface area contributed by atoms with Gasteiger partial charge in [0.2, 0.25) is 0 Å². The summed E-state index contributed by atoms with van der Waals surface area (Å²) in [7, 11) is 1.83. The topological polar surface area (TPSA) is 72.9 Å². The SMILES string of the molecule is Cn1ccnc1CNC(=O)c1ccc(F)cc1N. The molecule has 1 amide bonds. The van der Waals surface area contributed by atoms with Gasteiger partial charge >= 0.3 is 0 Å². The van der Waals surface area contributed by atoms with Crippen molar-refractivity contribution in [3.05, 3.63) is 47.8 Å². The van der Waals surface area contributed by atoms with Gasteiger partial charge in [0.05, 0.1) is 12.1 Å². The predicted octanol–water partition coefficient (Wildman–Crippen LogP) is 1.07. The average molecular weight is 248 g/mol. The molecule has 2 rings (SSSR count). The van der Waals surface area contributed by atoms with Crippen molar-refractivity contribution in [3.63, 3.8) is 0 Å². The van der Waals surface area contributed by atoms with E-state index in [2.05, 4.69) is 10.3 Å². The highest BCUT2D eigenvalue weighted by molar-refractivity contribution is 5.98. The van der Waals surface area contributed by atoms with Crippen LogP contribution in [0.3, 0.4) is 0 Å². The van der Waals surface area contributed by atoms with Gasteiger partial charge in [-0.1, -0.05) is 0 Å². The number of hydrogen-bond acceptors (Lipinski definition) is 3. The molecule has 6 heteroatoms. The Labute approximate surface area is 103 Å². The second-order valence-electron chi connectivity index (χ2n) is 3.87. The van der Waals surface area contributed by atoms with Crippen LogP contribution in [0.1, 0.15) is 16.2 Å². The maximum absolute atomic E-state index is 12.8. The average Bonchev–Trinajstić information content (AvgIpc) is 2.72. The van der Waals surface area contributed by atoms with Crippen LogP contribution in [-0.2, 0) is 13.6 Å². The number of aromatic nitrogens is 2. The quantitative estimate of drug-likeness (QED) is 0.798. The Morgan fingerprint density at radius 1 is 1.56 bits per heavy atom. The molecule has 1 heterocycles. The van der Waals surface area contributed by atoms with Crippen molar-refractivity contribution >= 4 is 11.6 Å². The number of halogens is 1. The summed E-state index contributed by atoms with van der Waals surface area (Å²) in [6.45, 7) is 0.291. The molecule has 0 saturated heterocycles. The first-order chi connectivity index (χ1) is 8.58. The van der Waals surface area contributed by atoms with Crippen LogP contribution in [0.2, 0.25) is 0 Å². The van der Waals surface area contributed by atoms with Crippen molar-refractivity contribution < 1.29 is 9.18 Å². The fourth-order valence-corrected chi connectivity index (χ4v) is 1.56. The van der Waals surface area contributed by atoms with Gasteiger partial charge in [0.15, 0.2) is 0 Å². The first kappa shape index (κ1) is 12.1. The summed E-state index contributed by atoms with van der Waals surface area (Å²) in [6.07, 6.45) is 3.43. The molecular weight excluding hydrogens is 235 g/mol. The van der Waals surface area contributed by atoms with Gasteiger partial charge in [-0.2, -0.15) is 0 Å². The molecule has 2 aromatic rings. The zero-order chi connectivity index (χ0) is 13.1. The summed E-state index contributed by atoms with van der Waals surface area (Å²) in [5.74, 6) is -0.0901. The molecule has 0 saturated carbocycles. The molecule has 0 aliphatic rings. The molecule has 0 unspecified atom stereocenters.